The van der Waals surface area contributed by atoms with Gasteiger partial charge in [0.2, 0.25) is 0 Å². The summed E-state index contributed by atoms with van der Waals surface area (Å²) in [7, 11) is 0. The first-order valence-electron chi connectivity index (χ1n) is 12.7. The van der Waals surface area contributed by atoms with Crippen LogP contribution >= 0.6 is 0 Å². The van der Waals surface area contributed by atoms with Gasteiger partial charge in [-0.1, -0.05) is 55.5 Å². The standard InChI is InChI=1S/C31H37N/c1-22(2)26-13-16-30-27(21-26)9-6-10-29(24-7-4-5-8-24)31(30)25-11-14-28(15-12-25)32-19-17-23(3)18-20-32/h7,11-16,21,23H,1,4-6,8-10,17-20H2,2-3H3. The molecule has 0 radical (unpaired) electrons. The number of allylic oxidation sites excluding steroid dienone is 4. The lowest BCUT2D eigenvalue weighted by atomic mass is 9.86. The van der Waals surface area contributed by atoms with Crippen molar-refractivity contribution in [3.05, 3.63) is 88.5 Å². The van der Waals surface area contributed by atoms with Crippen LogP contribution in [0.4, 0.5) is 5.69 Å². The molecule has 0 unspecified atom stereocenters. The Labute approximate surface area is 194 Å². The molecule has 1 heterocycles. The number of aryl methyl sites for hydroxylation is 1. The fourth-order valence-electron chi connectivity index (χ4n) is 5.75. The van der Waals surface area contributed by atoms with Gasteiger partial charge in [0.05, 0.1) is 0 Å². The highest BCUT2D eigenvalue weighted by atomic mass is 15.1. The van der Waals surface area contributed by atoms with Crippen molar-refractivity contribution in [1.82, 2.24) is 0 Å². The fraction of sp³-hybridized carbons (Fsp3) is 0.419. The second kappa shape index (κ2) is 9.14. The molecule has 166 valence electrons. The summed E-state index contributed by atoms with van der Waals surface area (Å²) in [5.41, 5.74) is 12.8. The zero-order valence-corrected chi connectivity index (χ0v) is 19.9. The molecule has 0 amide bonds. The van der Waals surface area contributed by atoms with E-state index in [1.807, 2.05) is 0 Å². The summed E-state index contributed by atoms with van der Waals surface area (Å²) in [5, 5.41) is 0. The first-order valence-corrected chi connectivity index (χ1v) is 12.7. The van der Waals surface area contributed by atoms with Crippen molar-refractivity contribution in [2.75, 3.05) is 18.0 Å². The summed E-state index contributed by atoms with van der Waals surface area (Å²) in [6.07, 6.45) is 12.5. The monoisotopic (exact) mass is 423 g/mol. The lowest BCUT2D eigenvalue weighted by molar-refractivity contribution is 0.438. The van der Waals surface area contributed by atoms with Gasteiger partial charge in [0.1, 0.15) is 0 Å². The third kappa shape index (κ3) is 4.22. The number of anilines is 1. The minimum Gasteiger partial charge on any atom is -0.372 e. The molecule has 0 atom stereocenters. The highest BCUT2D eigenvalue weighted by molar-refractivity contribution is 5.87. The second-order valence-corrected chi connectivity index (χ2v) is 10.2. The van der Waals surface area contributed by atoms with E-state index in [0.717, 1.165) is 17.9 Å². The van der Waals surface area contributed by atoms with Gasteiger partial charge in [-0.15, -0.1) is 0 Å². The Bertz CT molecular complexity index is 1060. The van der Waals surface area contributed by atoms with Gasteiger partial charge in [-0.25, -0.2) is 0 Å². The van der Waals surface area contributed by atoms with Gasteiger partial charge in [-0.3, -0.25) is 0 Å². The molecule has 1 aliphatic heterocycles. The molecule has 1 nitrogen and oxygen atoms in total. The average molecular weight is 424 g/mol. The summed E-state index contributed by atoms with van der Waals surface area (Å²) in [4.78, 5) is 2.57. The van der Waals surface area contributed by atoms with Crippen LogP contribution in [-0.4, -0.2) is 13.1 Å². The van der Waals surface area contributed by atoms with Crippen molar-refractivity contribution in [3.63, 3.8) is 0 Å². The Kier molecular flexibility index (Phi) is 6.09. The number of rotatable bonds is 4. The van der Waals surface area contributed by atoms with Crippen LogP contribution in [0.15, 0.2) is 66.3 Å². The second-order valence-electron chi connectivity index (χ2n) is 10.2. The SMILES string of the molecule is C=C(C)c1ccc2c(c1)CCCC(C1=CCCC1)=C2c1ccc(N2CCC(C)CC2)cc1. The van der Waals surface area contributed by atoms with E-state index in [1.165, 1.54) is 91.5 Å². The van der Waals surface area contributed by atoms with E-state index in [1.54, 1.807) is 11.1 Å². The predicted octanol–water partition coefficient (Wildman–Crippen LogP) is 8.20. The van der Waals surface area contributed by atoms with Crippen molar-refractivity contribution in [1.29, 1.82) is 0 Å². The molecular weight excluding hydrogens is 386 g/mol. The summed E-state index contributed by atoms with van der Waals surface area (Å²) in [5.74, 6) is 0.865. The van der Waals surface area contributed by atoms with E-state index in [-0.39, 0.29) is 0 Å². The molecule has 0 aromatic heterocycles. The number of hydrogen-bond donors (Lipinski definition) is 0. The van der Waals surface area contributed by atoms with Crippen LogP contribution in [0, 0.1) is 5.92 Å². The zero-order chi connectivity index (χ0) is 22.1. The Morgan fingerprint density at radius 2 is 1.72 bits per heavy atom. The van der Waals surface area contributed by atoms with Crippen molar-refractivity contribution in [2.24, 2.45) is 5.92 Å². The van der Waals surface area contributed by atoms with E-state index >= 15 is 0 Å². The lowest BCUT2D eigenvalue weighted by Crippen LogP contribution is -2.32. The van der Waals surface area contributed by atoms with Crippen molar-refractivity contribution >= 4 is 16.8 Å². The first kappa shape index (κ1) is 21.3. The molecule has 32 heavy (non-hydrogen) atoms. The van der Waals surface area contributed by atoms with Crippen LogP contribution in [0.2, 0.25) is 0 Å². The van der Waals surface area contributed by atoms with Crippen LogP contribution < -0.4 is 4.90 Å². The Balaban J connectivity index is 1.57. The van der Waals surface area contributed by atoms with Crippen LogP contribution in [-0.2, 0) is 6.42 Å². The third-order valence-corrected chi connectivity index (χ3v) is 7.78. The molecule has 1 fully saturated rings. The van der Waals surface area contributed by atoms with Crippen LogP contribution in [0.25, 0.3) is 11.1 Å². The topological polar surface area (TPSA) is 3.24 Å². The van der Waals surface area contributed by atoms with Crippen molar-refractivity contribution in [2.45, 2.75) is 65.2 Å². The Morgan fingerprint density at radius 3 is 2.41 bits per heavy atom. The molecular formula is C31H37N. The number of piperidine rings is 1. The molecule has 5 rings (SSSR count). The Morgan fingerprint density at radius 1 is 0.938 bits per heavy atom. The molecule has 0 N–H and O–H groups in total. The molecule has 2 aliphatic carbocycles. The van der Waals surface area contributed by atoms with Crippen LogP contribution in [0.5, 0.6) is 0 Å². The van der Waals surface area contributed by atoms with Crippen LogP contribution in [0.3, 0.4) is 0 Å². The van der Waals surface area contributed by atoms with Gasteiger partial charge in [-0.2, -0.15) is 0 Å². The van der Waals surface area contributed by atoms with Crippen molar-refractivity contribution in [3.8, 4) is 0 Å². The number of benzene rings is 2. The number of fused-ring (bicyclic) bond motifs is 1. The van der Waals surface area contributed by atoms with Crippen LogP contribution in [0.1, 0.15) is 81.0 Å². The molecule has 0 bridgehead atoms. The smallest absolute Gasteiger partial charge is 0.0366 e. The number of hydrogen-bond acceptors (Lipinski definition) is 1. The van der Waals surface area contributed by atoms with Crippen molar-refractivity contribution < 1.29 is 0 Å². The summed E-state index contributed by atoms with van der Waals surface area (Å²) < 4.78 is 0. The molecule has 2 aromatic carbocycles. The molecule has 1 saturated heterocycles. The predicted molar refractivity (Wildman–Crippen MR) is 139 cm³/mol. The van der Waals surface area contributed by atoms with E-state index < -0.39 is 0 Å². The maximum Gasteiger partial charge on any atom is 0.0366 e. The molecule has 3 aliphatic rings. The van der Waals surface area contributed by atoms with E-state index in [9.17, 15) is 0 Å². The average Bonchev–Trinajstić information content (AvgIpc) is 3.27. The molecule has 0 saturated carbocycles. The summed E-state index contributed by atoms with van der Waals surface area (Å²) in [6, 6.07) is 16.6. The minimum atomic E-state index is 0.865. The van der Waals surface area contributed by atoms with E-state index in [4.69, 9.17) is 0 Å². The first-order chi connectivity index (χ1) is 15.6. The molecule has 1 heteroatoms. The largest absolute Gasteiger partial charge is 0.372 e. The Hall–Kier alpha value is -2.54. The summed E-state index contributed by atoms with van der Waals surface area (Å²) >= 11 is 0. The van der Waals surface area contributed by atoms with Gasteiger partial charge in [0.25, 0.3) is 0 Å². The summed E-state index contributed by atoms with van der Waals surface area (Å²) in [6.45, 7) is 11.1. The fourth-order valence-corrected chi connectivity index (χ4v) is 5.75. The third-order valence-electron chi connectivity index (χ3n) is 7.78. The lowest BCUT2D eigenvalue weighted by Gasteiger charge is -2.32. The normalized spacial score (nSPS) is 19.6. The van der Waals surface area contributed by atoms with Gasteiger partial charge in [0.15, 0.2) is 0 Å². The van der Waals surface area contributed by atoms with Gasteiger partial charge >= 0.3 is 0 Å². The van der Waals surface area contributed by atoms with E-state index in [2.05, 4.69) is 73.9 Å². The highest BCUT2D eigenvalue weighted by Gasteiger charge is 2.23. The maximum absolute atomic E-state index is 4.19. The molecule has 2 aromatic rings. The maximum atomic E-state index is 4.19. The van der Waals surface area contributed by atoms with E-state index in [0.29, 0.717) is 0 Å². The van der Waals surface area contributed by atoms with Gasteiger partial charge < -0.3 is 4.90 Å². The molecule has 0 spiro atoms. The number of nitrogens with zero attached hydrogens (tertiary/aromatic N) is 1. The highest BCUT2D eigenvalue weighted by Crippen LogP contribution is 2.42. The van der Waals surface area contributed by atoms with Gasteiger partial charge in [0, 0.05) is 18.8 Å². The quantitative estimate of drug-likeness (QED) is 0.479. The van der Waals surface area contributed by atoms with Gasteiger partial charge in [-0.05, 0) is 115 Å². The minimum absolute atomic E-state index is 0.865. The zero-order valence-electron chi connectivity index (χ0n) is 19.9.